The minimum absolute atomic E-state index is 0.222. The van der Waals surface area contributed by atoms with Crippen molar-refractivity contribution in [1.29, 1.82) is 0 Å². The second kappa shape index (κ2) is 6.57. The summed E-state index contributed by atoms with van der Waals surface area (Å²) in [6.07, 6.45) is 4.73. The highest BCUT2D eigenvalue weighted by molar-refractivity contribution is 5.33. The summed E-state index contributed by atoms with van der Waals surface area (Å²) in [6, 6.07) is 8.73. The van der Waals surface area contributed by atoms with E-state index < -0.39 is 0 Å². The summed E-state index contributed by atoms with van der Waals surface area (Å²) in [5.41, 5.74) is 1.22. The molecule has 2 rings (SSSR count). The standard InChI is InChI=1S/C16H23N3O/c1-12(11-14-7-5-6-8-15(14)20-4)18-13(2)16-17-9-10-19(16)3/h5-10,12-13,18H,11H2,1-4H3. The molecule has 4 heteroatoms. The van der Waals surface area contributed by atoms with Gasteiger partial charge in [0.1, 0.15) is 11.6 Å². The number of hydrogen-bond donors (Lipinski definition) is 1. The van der Waals surface area contributed by atoms with Gasteiger partial charge in [-0.3, -0.25) is 0 Å². The molecule has 2 atom stereocenters. The molecule has 0 aliphatic heterocycles. The summed E-state index contributed by atoms with van der Waals surface area (Å²) in [6.45, 7) is 4.33. The van der Waals surface area contributed by atoms with Crippen molar-refractivity contribution in [1.82, 2.24) is 14.9 Å². The van der Waals surface area contributed by atoms with Crippen molar-refractivity contribution in [3.05, 3.63) is 48.0 Å². The maximum absolute atomic E-state index is 5.40. The Balaban J connectivity index is 1.99. The number of ether oxygens (including phenoxy) is 1. The first-order valence-electron chi connectivity index (χ1n) is 6.97. The molecular weight excluding hydrogens is 250 g/mol. The fraction of sp³-hybridized carbons (Fsp3) is 0.438. The SMILES string of the molecule is COc1ccccc1CC(C)NC(C)c1nccn1C. The Hall–Kier alpha value is -1.81. The monoisotopic (exact) mass is 273 g/mol. The van der Waals surface area contributed by atoms with Crippen molar-refractivity contribution >= 4 is 0 Å². The Morgan fingerprint density at radius 1 is 1.30 bits per heavy atom. The molecule has 0 spiro atoms. The number of aromatic nitrogens is 2. The van der Waals surface area contributed by atoms with Gasteiger partial charge in [0.05, 0.1) is 13.2 Å². The molecule has 1 N–H and O–H groups in total. The van der Waals surface area contributed by atoms with E-state index >= 15 is 0 Å². The van der Waals surface area contributed by atoms with Gasteiger partial charge in [-0.05, 0) is 31.9 Å². The zero-order valence-corrected chi connectivity index (χ0v) is 12.6. The van der Waals surface area contributed by atoms with Crippen LogP contribution in [0, 0.1) is 0 Å². The van der Waals surface area contributed by atoms with Crippen LogP contribution in [0.3, 0.4) is 0 Å². The quantitative estimate of drug-likeness (QED) is 0.879. The molecule has 2 aromatic rings. The third-order valence-corrected chi connectivity index (χ3v) is 3.50. The molecule has 4 nitrogen and oxygen atoms in total. The lowest BCUT2D eigenvalue weighted by molar-refractivity contribution is 0.401. The molecule has 0 saturated carbocycles. The summed E-state index contributed by atoms with van der Waals surface area (Å²) in [7, 11) is 3.73. The fourth-order valence-electron chi connectivity index (χ4n) is 2.56. The summed E-state index contributed by atoms with van der Waals surface area (Å²) < 4.78 is 7.45. The number of hydrogen-bond acceptors (Lipinski definition) is 3. The summed E-state index contributed by atoms with van der Waals surface area (Å²) in [5.74, 6) is 2.00. The topological polar surface area (TPSA) is 39.1 Å². The normalized spacial score (nSPS) is 14.0. The van der Waals surface area contributed by atoms with E-state index in [1.807, 2.05) is 42.2 Å². The van der Waals surface area contributed by atoms with E-state index in [-0.39, 0.29) is 6.04 Å². The molecule has 20 heavy (non-hydrogen) atoms. The number of benzene rings is 1. The van der Waals surface area contributed by atoms with E-state index in [2.05, 4.69) is 30.2 Å². The zero-order valence-electron chi connectivity index (χ0n) is 12.6. The van der Waals surface area contributed by atoms with Crippen LogP contribution < -0.4 is 10.1 Å². The zero-order chi connectivity index (χ0) is 14.5. The van der Waals surface area contributed by atoms with Crippen LogP contribution in [0.25, 0.3) is 0 Å². The Morgan fingerprint density at radius 3 is 2.70 bits per heavy atom. The van der Waals surface area contributed by atoms with E-state index in [9.17, 15) is 0 Å². The van der Waals surface area contributed by atoms with Gasteiger partial charge in [0, 0.05) is 25.5 Å². The summed E-state index contributed by atoms with van der Waals surface area (Å²) in [5, 5.41) is 3.58. The maximum Gasteiger partial charge on any atom is 0.125 e. The molecule has 0 aliphatic carbocycles. The second-order valence-corrected chi connectivity index (χ2v) is 5.20. The second-order valence-electron chi connectivity index (χ2n) is 5.20. The maximum atomic E-state index is 5.40. The Labute approximate surface area is 120 Å². The number of rotatable bonds is 6. The molecule has 0 aliphatic rings. The lowest BCUT2D eigenvalue weighted by Gasteiger charge is -2.20. The van der Waals surface area contributed by atoms with Gasteiger partial charge >= 0.3 is 0 Å². The molecule has 2 unspecified atom stereocenters. The summed E-state index contributed by atoms with van der Waals surface area (Å²) in [4.78, 5) is 4.39. The first-order chi connectivity index (χ1) is 9.61. The van der Waals surface area contributed by atoms with E-state index in [1.165, 1.54) is 5.56 Å². The van der Waals surface area contributed by atoms with Crippen LogP contribution in [0.15, 0.2) is 36.7 Å². The van der Waals surface area contributed by atoms with Gasteiger partial charge in [0.15, 0.2) is 0 Å². The first-order valence-corrected chi connectivity index (χ1v) is 6.97. The number of methoxy groups -OCH3 is 1. The average Bonchev–Trinajstić information content (AvgIpc) is 2.85. The third-order valence-electron chi connectivity index (χ3n) is 3.50. The molecule has 1 heterocycles. The molecule has 108 valence electrons. The summed E-state index contributed by atoms with van der Waals surface area (Å²) >= 11 is 0. The van der Waals surface area contributed by atoms with Crippen molar-refractivity contribution in [3.8, 4) is 5.75 Å². The molecule has 1 aromatic heterocycles. The number of nitrogens with zero attached hydrogens (tertiary/aromatic N) is 2. The van der Waals surface area contributed by atoms with Gasteiger partial charge in [0.25, 0.3) is 0 Å². The van der Waals surface area contributed by atoms with Crippen LogP contribution in [0.1, 0.15) is 31.3 Å². The van der Waals surface area contributed by atoms with Crippen LogP contribution in [-0.2, 0) is 13.5 Å². The molecule has 0 radical (unpaired) electrons. The fourth-order valence-corrected chi connectivity index (χ4v) is 2.56. The Morgan fingerprint density at radius 2 is 2.05 bits per heavy atom. The minimum atomic E-state index is 0.222. The van der Waals surface area contributed by atoms with Crippen molar-refractivity contribution < 1.29 is 4.74 Å². The van der Waals surface area contributed by atoms with Crippen LogP contribution >= 0.6 is 0 Å². The predicted molar refractivity (Wildman–Crippen MR) is 80.9 cm³/mol. The van der Waals surface area contributed by atoms with E-state index in [4.69, 9.17) is 4.74 Å². The van der Waals surface area contributed by atoms with Crippen LogP contribution in [-0.4, -0.2) is 22.7 Å². The van der Waals surface area contributed by atoms with Crippen LogP contribution in [0.4, 0.5) is 0 Å². The third kappa shape index (κ3) is 3.39. The number of para-hydroxylation sites is 1. The van der Waals surface area contributed by atoms with Gasteiger partial charge in [-0.15, -0.1) is 0 Å². The lowest BCUT2D eigenvalue weighted by atomic mass is 10.1. The predicted octanol–water partition coefficient (Wildman–Crippen LogP) is 2.71. The molecule has 0 amide bonds. The van der Waals surface area contributed by atoms with Gasteiger partial charge in [-0.2, -0.15) is 0 Å². The van der Waals surface area contributed by atoms with Crippen molar-refractivity contribution in [2.75, 3.05) is 7.11 Å². The molecular formula is C16H23N3O. The van der Waals surface area contributed by atoms with Crippen molar-refractivity contribution in [2.45, 2.75) is 32.4 Å². The highest BCUT2D eigenvalue weighted by Gasteiger charge is 2.14. The smallest absolute Gasteiger partial charge is 0.125 e. The van der Waals surface area contributed by atoms with E-state index in [1.54, 1.807) is 7.11 Å². The van der Waals surface area contributed by atoms with Gasteiger partial charge in [0.2, 0.25) is 0 Å². The Bertz CT molecular complexity index is 550. The largest absolute Gasteiger partial charge is 0.496 e. The first kappa shape index (κ1) is 14.6. The lowest BCUT2D eigenvalue weighted by Crippen LogP contribution is -2.32. The van der Waals surface area contributed by atoms with E-state index in [0.29, 0.717) is 6.04 Å². The Kier molecular flexibility index (Phi) is 4.79. The van der Waals surface area contributed by atoms with Gasteiger partial charge < -0.3 is 14.6 Å². The minimum Gasteiger partial charge on any atom is -0.496 e. The number of imidazole rings is 1. The number of aryl methyl sites for hydroxylation is 1. The van der Waals surface area contributed by atoms with Crippen molar-refractivity contribution in [3.63, 3.8) is 0 Å². The number of nitrogens with one attached hydrogen (secondary N) is 1. The molecule has 0 fully saturated rings. The van der Waals surface area contributed by atoms with Crippen LogP contribution in [0.5, 0.6) is 5.75 Å². The average molecular weight is 273 g/mol. The molecule has 0 saturated heterocycles. The molecule has 1 aromatic carbocycles. The highest BCUT2D eigenvalue weighted by Crippen LogP contribution is 2.20. The highest BCUT2D eigenvalue weighted by atomic mass is 16.5. The van der Waals surface area contributed by atoms with E-state index in [0.717, 1.165) is 18.0 Å². The van der Waals surface area contributed by atoms with Crippen LogP contribution in [0.2, 0.25) is 0 Å². The van der Waals surface area contributed by atoms with Gasteiger partial charge in [-0.25, -0.2) is 4.98 Å². The van der Waals surface area contributed by atoms with Crippen molar-refractivity contribution in [2.24, 2.45) is 7.05 Å². The van der Waals surface area contributed by atoms with Gasteiger partial charge in [-0.1, -0.05) is 18.2 Å². The molecule has 0 bridgehead atoms.